The van der Waals surface area contributed by atoms with Gasteiger partial charge in [-0.25, -0.2) is 17.2 Å². The lowest BCUT2D eigenvalue weighted by Crippen LogP contribution is -2.27. The van der Waals surface area contributed by atoms with E-state index in [-0.39, 0.29) is 27.8 Å². The van der Waals surface area contributed by atoms with Crippen LogP contribution in [0.2, 0.25) is 5.02 Å². The maximum atomic E-state index is 13.8. The Kier molecular flexibility index (Phi) is 5.23. The molecular formula is C15H14ClF2NO3S. The number of methoxy groups -OCH3 is 1. The SMILES string of the molecule is COc1ccc(S(=O)(=O)N(C)Cc2c(F)cccc2Cl)cc1F. The first kappa shape index (κ1) is 17.7. The van der Waals surface area contributed by atoms with Gasteiger partial charge in [-0.05, 0) is 30.3 Å². The Labute approximate surface area is 138 Å². The van der Waals surface area contributed by atoms with Crippen molar-refractivity contribution >= 4 is 21.6 Å². The van der Waals surface area contributed by atoms with E-state index in [9.17, 15) is 17.2 Å². The monoisotopic (exact) mass is 361 g/mol. The molecule has 0 bridgehead atoms. The summed E-state index contributed by atoms with van der Waals surface area (Å²) in [7, 11) is -1.46. The maximum Gasteiger partial charge on any atom is 0.243 e. The lowest BCUT2D eigenvalue weighted by Gasteiger charge is -2.18. The summed E-state index contributed by atoms with van der Waals surface area (Å²) in [6, 6.07) is 7.37. The van der Waals surface area contributed by atoms with Gasteiger partial charge >= 0.3 is 0 Å². The molecule has 0 atom stereocenters. The first-order valence-electron chi connectivity index (χ1n) is 6.50. The zero-order valence-corrected chi connectivity index (χ0v) is 14.0. The van der Waals surface area contributed by atoms with Gasteiger partial charge in [-0.1, -0.05) is 17.7 Å². The summed E-state index contributed by atoms with van der Waals surface area (Å²) in [5.74, 6) is -1.48. The van der Waals surface area contributed by atoms with E-state index in [2.05, 4.69) is 0 Å². The van der Waals surface area contributed by atoms with Crippen molar-refractivity contribution in [3.8, 4) is 5.75 Å². The van der Waals surface area contributed by atoms with Crippen LogP contribution in [0.5, 0.6) is 5.75 Å². The highest BCUT2D eigenvalue weighted by Gasteiger charge is 2.24. The van der Waals surface area contributed by atoms with Crippen molar-refractivity contribution in [3.05, 3.63) is 58.6 Å². The van der Waals surface area contributed by atoms with E-state index in [4.69, 9.17) is 16.3 Å². The number of ether oxygens (including phenoxy) is 1. The fraction of sp³-hybridized carbons (Fsp3) is 0.200. The van der Waals surface area contributed by atoms with Crippen molar-refractivity contribution in [1.29, 1.82) is 0 Å². The molecule has 8 heteroatoms. The van der Waals surface area contributed by atoms with Gasteiger partial charge in [0.15, 0.2) is 11.6 Å². The van der Waals surface area contributed by atoms with Gasteiger partial charge in [-0.2, -0.15) is 4.31 Å². The molecule has 0 aliphatic carbocycles. The molecule has 0 heterocycles. The molecule has 23 heavy (non-hydrogen) atoms. The molecule has 0 amide bonds. The van der Waals surface area contributed by atoms with Crippen LogP contribution in [0.25, 0.3) is 0 Å². The first-order chi connectivity index (χ1) is 10.8. The molecule has 2 aromatic carbocycles. The van der Waals surface area contributed by atoms with E-state index in [1.54, 1.807) is 0 Å². The number of hydrogen-bond acceptors (Lipinski definition) is 3. The molecule has 0 aliphatic heterocycles. The molecule has 0 N–H and O–H groups in total. The molecule has 0 spiro atoms. The van der Waals surface area contributed by atoms with Crippen LogP contribution in [0.3, 0.4) is 0 Å². The van der Waals surface area contributed by atoms with Crippen LogP contribution in [0.1, 0.15) is 5.56 Å². The average molecular weight is 362 g/mol. The quantitative estimate of drug-likeness (QED) is 0.819. The lowest BCUT2D eigenvalue weighted by molar-refractivity contribution is 0.385. The predicted octanol–water partition coefficient (Wildman–Crippen LogP) is 3.45. The second-order valence-corrected chi connectivity index (χ2v) is 7.21. The van der Waals surface area contributed by atoms with E-state index < -0.39 is 21.7 Å². The molecule has 0 fully saturated rings. The smallest absolute Gasteiger partial charge is 0.243 e. The van der Waals surface area contributed by atoms with Crippen molar-refractivity contribution < 1.29 is 21.9 Å². The Morgan fingerprint density at radius 3 is 2.43 bits per heavy atom. The fourth-order valence-electron chi connectivity index (χ4n) is 1.98. The lowest BCUT2D eigenvalue weighted by atomic mass is 10.2. The number of benzene rings is 2. The molecule has 0 saturated heterocycles. The molecule has 0 unspecified atom stereocenters. The molecular weight excluding hydrogens is 348 g/mol. The zero-order chi connectivity index (χ0) is 17.2. The molecule has 2 rings (SSSR count). The van der Waals surface area contributed by atoms with Crippen LogP contribution < -0.4 is 4.74 Å². The zero-order valence-electron chi connectivity index (χ0n) is 12.4. The minimum atomic E-state index is -4.01. The van der Waals surface area contributed by atoms with Gasteiger partial charge in [-0.15, -0.1) is 0 Å². The summed E-state index contributed by atoms with van der Waals surface area (Å²) < 4.78 is 58.1. The highest BCUT2D eigenvalue weighted by Crippen LogP contribution is 2.26. The number of sulfonamides is 1. The van der Waals surface area contributed by atoms with Crippen molar-refractivity contribution in [2.75, 3.05) is 14.2 Å². The third kappa shape index (κ3) is 3.63. The summed E-state index contributed by atoms with van der Waals surface area (Å²) in [6.45, 7) is -0.276. The fourth-order valence-corrected chi connectivity index (χ4v) is 3.35. The topological polar surface area (TPSA) is 46.6 Å². The van der Waals surface area contributed by atoms with Gasteiger partial charge in [0, 0.05) is 24.2 Å². The number of halogens is 3. The summed E-state index contributed by atoms with van der Waals surface area (Å²) in [5.41, 5.74) is 0.0502. The van der Waals surface area contributed by atoms with Crippen LogP contribution in [0, 0.1) is 11.6 Å². The largest absolute Gasteiger partial charge is 0.494 e. The molecule has 124 valence electrons. The predicted molar refractivity (Wildman–Crippen MR) is 83.0 cm³/mol. The highest BCUT2D eigenvalue weighted by atomic mass is 35.5. The van der Waals surface area contributed by atoms with Gasteiger partial charge in [0.2, 0.25) is 10.0 Å². The van der Waals surface area contributed by atoms with E-state index in [1.807, 2.05) is 0 Å². The molecule has 0 aromatic heterocycles. The minimum absolute atomic E-state index is 0.0502. The Hall–Kier alpha value is -1.70. The first-order valence-corrected chi connectivity index (χ1v) is 8.32. The maximum absolute atomic E-state index is 13.8. The number of rotatable bonds is 5. The van der Waals surface area contributed by atoms with Crippen LogP contribution in [0.4, 0.5) is 8.78 Å². The van der Waals surface area contributed by atoms with Crippen molar-refractivity contribution in [3.63, 3.8) is 0 Å². The van der Waals surface area contributed by atoms with Crippen LogP contribution in [-0.2, 0) is 16.6 Å². The summed E-state index contributed by atoms with van der Waals surface area (Å²) >= 11 is 5.90. The van der Waals surface area contributed by atoms with E-state index in [0.717, 1.165) is 10.4 Å². The third-order valence-corrected chi connectivity index (χ3v) is 5.43. The minimum Gasteiger partial charge on any atom is -0.494 e. The normalized spacial score (nSPS) is 11.7. The van der Waals surface area contributed by atoms with Gasteiger partial charge in [0.05, 0.1) is 12.0 Å². The van der Waals surface area contributed by atoms with Gasteiger partial charge in [0.25, 0.3) is 0 Å². The summed E-state index contributed by atoms with van der Waals surface area (Å²) in [4.78, 5) is -0.259. The van der Waals surface area contributed by atoms with E-state index >= 15 is 0 Å². The van der Waals surface area contributed by atoms with Gasteiger partial charge in [-0.3, -0.25) is 0 Å². The van der Waals surface area contributed by atoms with E-state index in [1.165, 1.54) is 44.5 Å². The summed E-state index contributed by atoms with van der Waals surface area (Å²) in [5, 5.41) is 0.118. The van der Waals surface area contributed by atoms with Crippen LogP contribution in [0.15, 0.2) is 41.3 Å². The van der Waals surface area contributed by atoms with Gasteiger partial charge in [0.1, 0.15) is 5.82 Å². The van der Waals surface area contributed by atoms with Gasteiger partial charge < -0.3 is 4.74 Å². The second kappa shape index (κ2) is 6.82. The average Bonchev–Trinajstić information content (AvgIpc) is 2.50. The van der Waals surface area contributed by atoms with Crippen molar-refractivity contribution in [2.24, 2.45) is 0 Å². The molecule has 0 aliphatic rings. The Balaban J connectivity index is 2.34. The van der Waals surface area contributed by atoms with Crippen molar-refractivity contribution in [1.82, 2.24) is 4.31 Å². The van der Waals surface area contributed by atoms with Crippen LogP contribution in [-0.4, -0.2) is 26.9 Å². The molecule has 0 saturated carbocycles. The van der Waals surface area contributed by atoms with Crippen LogP contribution >= 0.6 is 11.6 Å². The molecule has 4 nitrogen and oxygen atoms in total. The molecule has 0 radical (unpaired) electrons. The number of nitrogens with zero attached hydrogens (tertiary/aromatic N) is 1. The second-order valence-electron chi connectivity index (χ2n) is 4.76. The molecule has 2 aromatic rings. The Morgan fingerprint density at radius 2 is 1.87 bits per heavy atom. The summed E-state index contributed by atoms with van der Waals surface area (Å²) in [6.07, 6.45) is 0. The van der Waals surface area contributed by atoms with E-state index in [0.29, 0.717) is 0 Å². The number of hydrogen-bond donors (Lipinski definition) is 0. The van der Waals surface area contributed by atoms with Crippen molar-refractivity contribution in [2.45, 2.75) is 11.4 Å². The Morgan fingerprint density at radius 1 is 1.17 bits per heavy atom. The Bertz CT molecular complexity index is 807. The highest BCUT2D eigenvalue weighted by molar-refractivity contribution is 7.89. The standard InChI is InChI=1S/C15H14ClF2NO3S/c1-19(9-11-12(16)4-3-5-13(11)17)23(20,21)10-6-7-15(22-2)14(18)8-10/h3-8H,9H2,1-2H3. The third-order valence-electron chi connectivity index (χ3n) is 3.27.